The van der Waals surface area contributed by atoms with Crippen LogP contribution in [0.1, 0.15) is 18.2 Å². The Hall–Kier alpha value is -4.03. The number of halogens is 2. The third kappa shape index (κ3) is 4.16. The number of methoxy groups -OCH3 is 1. The molecule has 4 heterocycles. The largest absolute Gasteiger partial charge is 0.385 e. The monoisotopic (exact) mass is 480 g/mol. The fraction of sp³-hybridized carbons (Fsp3) is 0.190. The van der Waals surface area contributed by atoms with Gasteiger partial charge in [-0.15, -0.1) is 15.3 Å². The van der Waals surface area contributed by atoms with Crippen molar-refractivity contribution >= 4 is 11.6 Å². The molecule has 0 saturated heterocycles. The van der Waals surface area contributed by atoms with Crippen LogP contribution in [0.3, 0.4) is 0 Å². The van der Waals surface area contributed by atoms with Crippen molar-refractivity contribution in [1.29, 1.82) is 0 Å². The van der Waals surface area contributed by atoms with Gasteiger partial charge in [0.05, 0.1) is 34.3 Å². The highest BCUT2D eigenvalue weighted by molar-refractivity contribution is 6.31. The molecule has 0 saturated carbocycles. The molecule has 0 spiro atoms. The molecule has 34 heavy (non-hydrogen) atoms. The van der Waals surface area contributed by atoms with Crippen LogP contribution in [0.15, 0.2) is 61.8 Å². The number of aromatic nitrogens is 10. The highest BCUT2D eigenvalue weighted by Crippen LogP contribution is 2.33. The molecule has 0 fully saturated rings. The van der Waals surface area contributed by atoms with Gasteiger partial charge in [0.15, 0.2) is 5.82 Å². The number of hydrogen-bond acceptors (Lipinski definition) is 8. The van der Waals surface area contributed by atoms with Gasteiger partial charge in [-0.2, -0.15) is 9.78 Å². The third-order valence-electron chi connectivity index (χ3n) is 5.30. The van der Waals surface area contributed by atoms with Crippen molar-refractivity contribution in [1.82, 2.24) is 49.7 Å². The Bertz CT molecular complexity index is 1370. The molecule has 1 aromatic carbocycles. The fourth-order valence-corrected chi connectivity index (χ4v) is 3.80. The molecule has 1 atom stereocenters. The Morgan fingerprint density at radius 1 is 1.06 bits per heavy atom. The SMILES string of the molecule is COCCC(c1ccc(-c2c(-n3cnnn3)ccc(Cl)c2F)cn1)n1cc(-n2cnnc2)cn1. The number of nitrogens with zero attached hydrogens (tertiary/aromatic N) is 10. The van der Waals surface area contributed by atoms with Crippen LogP contribution in [0.4, 0.5) is 4.39 Å². The highest BCUT2D eigenvalue weighted by atomic mass is 35.5. The average Bonchev–Trinajstić information content (AvgIpc) is 3.64. The first-order valence-corrected chi connectivity index (χ1v) is 10.6. The summed E-state index contributed by atoms with van der Waals surface area (Å²) >= 11 is 6.07. The van der Waals surface area contributed by atoms with E-state index in [-0.39, 0.29) is 16.6 Å². The zero-order chi connectivity index (χ0) is 23.5. The molecule has 0 bridgehead atoms. The minimum Gasteiger partial charge on any atom is -0.385 e. The second kappa shape index (κ2) is 9.45. The van der Waals surface area contributed by atoms with Gasteiger partial charge in [-0.25, -0.2) is 4.39 Å². The van der Waals surface area contributed by atoms with E-state index < -0.39 is 5.82 Å². The van der Waals surface area contributed by atoms with Crippen molar-refractivity contribution in [2.75, 3.05) is 13.7 Å². The van der Waals surface area contributed by atoms with Gasteiger partial charge in [-0.1, -0.05) is 17.7 Å². The maximum absolute atomic E-state index is 15.1. The molecule has 5 rings (SSSR count). The summed E-state index contributed by atoms with van der Waals surface area (Å²) in [5.41, 5.74) is 2.79. The molecule has 1 unspecified atom stereocenters. The molecule has 4 aromatic heterocycles. The van der Waals surface area contributed by atoms with Crippen molar-refractivity contribution in [3.05, 3.63) is 78.4 Å². The molecule has 0 aliphatic heterocycles. The van der Waals surface area contributed by atoms with Crippen LogP contribution in [0.5, 0.6) is 0 Å². The Morgan fingerprint density at radius 2 is 1.91 bits per heavy atom. The van der Waals surface area contributed by atoms with Crippen molar-refractivity contribution in [2.24, 2.45) is 0 Å². The summed E-state index contributed by atoms with van der Waals surface area (Å²) in [6, 6.07) is 6.53. The van der Waals surface area contributed by atoms with E-state index in [0.29, 0.717) is 24.3 Å². The van der Waals surface area contributed by atoms with Crippen LogP contribution in [-0.4, -0.2) is 63.5 Å². The summed E-state index contributed by atoms with van der Waals surface area (Å²) in [6.07, 6.45) is 10.4. The first-order valence-electron chi connectivity index (χ1n) is 10.2. The standard InChI is InChI=1S/C21H18ClFN10O/c1-34-7-6-18(32-10-15(9-28-32)31-11-25-26-12-31)17-4-2-14(8-24-17)20-19(33-13-27-29-30-33)5-3-16(22)21(20)23/h2-5,8-13,18H,6-7H2,1H3. The van der Waals surface area contributed by atoms with E-state index >= 15 is 4.39 Å². The van der Waals surface area contributed by atoms with Gasteiger partial charge >= 0.3 is 0 Å². The van der Waals surface area contributed by atoms with Gasteiger partial charge in [0.25, 0.3) is 0 Å². The van der Waals surface area contributed by atoms with Crippen LogP contribution in [0, 0.1) is 5.82 Å². The number of benzene rings is 1. The lowest BCUT2D eigenvalue weighted by atomic mass is 10.0. The molecule has 5 aromatic rings. The van der Waals surface area contributed by atoms with Crippen LogP contribution in [0.25, 0.3) is 22.5 Å². The Morgan fingerprint density at radius 3 is 2.62 bits per heavy atom. The lowest BCUT2D eigenvalue weighted by Gasteiger charge is -2.18. The van der Waals surface area contributed by atoms with Crippen molar-refractivity contribution in [3.8, 4) is 22.5 Å². The molecule has 0 aliphatic carbocycles. The van der Waals surface area contributed by atoms with Gasteiger partial charge in [0.1, 0.15) is 19.0 Å². The van der Waals surface area contributed by atoms with E-state index in [1.54, 1.807) is 48.9 Å². The summed E-state index contributed by atoms with van der Waals surface area (Å²) in [5, 5.41) is 23.3. The van der Waals surface area contributed by atoms with E-state index in [1.165, 1.54) is 17.1 Å². The summed E-state index contributed by atoms with van der Waals surface area (Å²) in [4.78, 5) is 4.63. The smallest absolute Gasteiger partial charge is 0.151 e. The Kier molecular flexibility index (Phi) is 6.06. The van der Waals surface area contributed by atoms with E-state index in [9.17, 15) is 0 Å². The second-order valence-electron chi connectivity index (χ2n) is 7.33. The Labute approximate surface area is 197 Å². The van der Waals surface area contributed by atoms with Crippen LogP contribution in [-0.2, 0) is 4.74 Å². The first-order chi connectivity index (χ1) is 16.7. The molecule has 0 aliphatic rings. The molecule has 0 amide bonds. The average molecular weight is 481 g/mol. The molecule has 11 nitrogen and oxygen atoms in total. The fourth-order valence-electron chi connectivity index (χ4n) is 3.64. The lowest BCUT2D eigenvalue weighted by Crippen LogP contribution is -2.15. The van der Waals surface area contributed by atoms with E-state index in [1.807, 2.05) is 16.9 Å². The number of rotatable bonds is 8. The number of ether oxygens (including phenoxy) is 1. The predicted molar refractivity (Wildman–Crippen MR) is 119 cm³/mol. The molecule has 13 heteroatoms. The molecule has 172 valence electrons. The van der Waals surface area contributed by atoms with Crippen LogP contribution >= 0.6 is 11.6 Å². The van der Waals surface area contributed by atoms with Gasteiger partial charge in [0.2, 0.25) is 0 Å². The summed E-state index contributed by atoms with van der Waals surface area (Å²) < 4.78 is 25.3. The molecule has 0 N–H and O–H groups in total. The minimum absolute atomic E-state index is 0.00747. The third-order valence-corrected chi connectivity index (χ3v) is 5.60. The van der Waals surface area contributed by atoms with Gasteiger partial charge in [-0.05, 0) is 35.0 Å². The second-order valence-corrected chi connectivity index (χ2v) is 7.73. The van der Waals surface area contributed by atoms with Gasteiger partial charge in [0, 0.05) is 37.2 Å². The minimum atomic E-state index is -0.578. The molecular weight excluding hydrogens is 463 g/mol. The normalized spacial score (nSPS) is 12.2. The van der Waals surface area contributed by atoms with E-state index in [2.05, 4.69) is 35.8 Å². The maximum Gasteiger partial charge on any atom is 0.151 e. The lowest BCUT2D eigenvalue weighted by molar-refractivity contribution is 0.181. The Balaban J connectivity index is 1.51. The molecular formula is C21H18ClFN10O. The topological polar surface area (TPSA) is 114 Å². The quantitative estimate of drug-likeness (QED) is 0.333. The number of hydrogen-bond donors (Lipinski definition) is 0. The zero-order valence-electron chi connectivity index (χ0n) is 17.9. The van der Waals surface area contributed by atoms with E-state index in [0.717, 1.165) is 11.4 Å². The molecule has 0 radical (unpaired) electrons. The summed E-state index contributed by atoms with van der Waals surface area (Å²) in [5.74, 6) is -0.578. The highest BCUT2D eigenvalue weighted by Gasteiger charge is 2.20. The van der Waals surface area contributed by atoms with Crippen molar-refractivity contribution < 1.29 is 9.13 Å². The van der Waals surface area contributed by atoms with Crippen LogP contribution < -0.4 is 0 Å². The summed E-state index contributed by atoms with van der Waals surface area (Å²) in [7, 11) is 1.64. The van der Waals surface area contributed by atoms with Crippen molar-refractivity contribution in [3.63, 3.8) is 0 Å². The zero-order valence-corrected chi connectivity index (χ0v) is 18.7. The first kappa shape index (κ1) is 21.8. The van der Waals surface area contributed by atoms with Gasteiger partial charge in [-0.3, -0.25) is 14.2 Å². The van der Waals surface area contributed by atoms with Crippen molar-refractivity contribution in [2.45, 2.75) is 12.5 Å². The number of tetrazole rings is 1. The van der Waals surface area contributed by atoms with Crippen LogP contribution in [0.2, 0.25) is 5.02 Å². The predicted octanol–water partition coefficient (Wildman–Crippen LogP) is 2.92. The van der Waals surface area contributed by atoms with Gasteiger partial charge < -0.3 is 4.74 Å². The maximum atomic E-state index is 15.1. The number of pyridine rings is 1. The van der Waals surface area contributed by atoms with E-state index in [4.69, 9.17) is 16.3 Å². The summed E-state index contributed by atoms with van der Waals surface area (Å²) in [6.45, 7) is 0.502.